The Balaban J connectivity index is 1.64. The summed E-state index contributed by atoms with van der Waals surface area (Å²) in [5.41, 5.74) is 4.05. The zero-order valence-electron chi connectivity index (χ0n) is 17.8. The van der Waals surface area contributed by atoms with Gasteiger partial charge in [-0.3, -0.25) is 9.36 Å². The van der Waals surface area contributed by atoms with E-state index in [4.69, 9.17) is 16.3 Å². The van der Waals surface area contributed by atoms with E-state index in [-0.39, 0.29) is 18.3 Å². The van der Waals surface area contributed by atoms with Crippen molar-refractivity contribution in [1.82, 2.24) is 14.8 Å². The van der Waals surface area contributed by atoms with Gasteiger partial charge in [-0.25, -0.2) is 0 Å². The minimum Gasteiger partial charge on any atom is -0.484 e. The van der Waals surface area contributed by atoms with E-state index in [0.717, 1.165) is 22.4 Å². The maximum atomic E-state index is 12.4. The predicted molar refractivity (Wildman–Crippen MR) is 126 cm³/mol. The topological polar surface area (TPSA) is 69.0 Å². The summed E-state index contributed by atoms with van der Waals surface area (Å²) in [6.07, 6.45) is 1.76. The molecule has 1 amide bonds. The molecule has 0 aliphatic rings. The fourth-order valence-corrected chi connectivity index (χ4v) is 4.02. The van der Waals surface area contributed by atoms with Gasteiger partial charge in [0.25, 0.3) is 0 Å². The van der Waals surface area contributed by atoms with Gasteiger partial charge in [0.1, 0.15) is 12.4 Å². The number of nitrogens with zero attached hydrogens (tertiary/aromatic N) is 3. The van der Waals surface area contributed by atoms with Crippen molar-refractivity contribution in [2.24, 2.45) is 0 Å². The molecule has 0 unspecified atom stereocenters. The molecule has 0 radical (unpaired) electrons. The Morgan fingerprint density at radius 2 is 1.90 bits per heavy atom. The van der Waals surface area contributed by atoms with Crippen LogP contribution in [-0.4, -0.2) is 26.4 Å². The molecule has 3 rings (SSSR count). The van der Waals surface area contributed by atoms with Crippen LogP contribution in [0.4, 0.5) is 5.69 Å². The van der Waals surface area contributed by atoms with Gasteiger partial charge in [0.2, 0.25) is 5.91 Å². The summed E-state index contributed by atoms with van der Waals surface area (Å²) < 4.78 is 7.73. The number of nitrogens with one attached hydrogen (secondary N) is 1. The summed E-state index contributed by atoms with van der Waals surface area (Å²) in [5.74, 6) is 1.34. The molecule has 31 heavy (non-hydrogen) atoms. The minimum absolute atomic E-state index is 0.104. The highest BCUT2D eigenvalue weighted by Gasteiger charge is 2.15. The molecule has 0 spiro atoms. The third-order valence-electron chi connectivity index (χ3n) is 4.39. The fraction of sp³-hybridized carbons (Fsp3) is 0.261. The second kappa shape index (κ2) is 10.5. The first-order valence-electron chi connectivity index (χ1n) is 9.78. The van der Waals surface area contributed by atoms with Crippen LogP contribution in [0.25, 0.3) is 0 Å². The van der Waals surface area contributed by atoms with Crippen LogP contribution in [0.1, 0.15) is 22.5 Å². The van der Waals surface area contributed by atoms with Crippen LogP contribution >= 0.6 is 23.4 Å². The summed E-state index contributed by atoms with van der Waals surface area (Å²) >= 11 is 7.53. The summed E-state index contributed by atoms with van der Waals surface area (Å²) in [5, 5.41) is 12.6. The molecule has 1 aromatic heterocycles. The second-order valence-corrected chi connectivity index (χ2v) is 8.58. The van der Waals surface area contributed by atoms with Crippen molar-refractivity contribution >= 4 is 35.0 Å². The standard InChI is InChI=1S/C23H25ClN4O2S/c1-5-8-28-21(13-30-20-12-15(2)6-7-19(20)24)26-27-23(28)31-14-22(29)25-18-10-16(3)9-17(4)11-18/h5-7,9-12H,1,8,13-14H2,2-4H3,(H,25,29). The summed E-state index contributed by atoms with van der Waals surface area (Å²) in [4.78, 5) is 12.4. The van der Waals surface area contributed by atoms with Gasteiger partial charge in [-0.2, -0.15) is 0 Å². The van der Waals surface area contributed by atoms with Crippen molar-refractivity contribution in [3.63, 3.8) is 0 Å². The van der Waals surface area contributed by atoms with Crippen molar-refractivity contribution in [2.45, 2.75) is 39.1 Å². The van der Waals surface area contributed by atoms with E-state index >= 15 is 0 Å². The number of hydrogen-bond donors (Lipinski definition) is 1. The maximum absolute atomic E-state index is 12.4. The van der Waals surface area contributed by atoms with Gasteiger partial charge < -0.3 is 10.1 Å². The van der Waals surface area contributed by atoms with Crippen LogP contribution in [-0.2, 0) is 17.9 Å². The normalized spacial score (nSPS) is 10.7. The first kappa shape index (κ1) is 22.9. The molecular formula is C23H25ClN4O2S. The van der Waals surface area contributed by atoms with Crippen LogP contribution in [0.2, 0.25) is 5.02 Å². The quantitative estimate of drug-likeness (QED) is 0.347. The number of anilines is 1. The SMILES string of the molecule is C=CCn1c(COc2cc(C)ccc2Cl)nnc1SCC(=O)Nc1cc(C)cc(C)c1. The average molecular weight is 457 g/mol. The number of halogens is 1. The summed E-state index contributed by atoms with van der Waals surface area (Å²) in [6, 6.07) is 11.6. The van der Waals surface area contributed by atoms with E-state index in [0.29, 0.717) is 28.3 Å². The summed E-state index contributed by atoms with van der Waals surface area (Å²) in [6.45, 7) is 10.5. The van der Waals surface area contributed by atoms with Crippen LogP contribution < -0.4 is 10.1 Å². The molecule has 2 aromatic carbocycles. The number of thioether (sulfide) groups is 1. The second-order valence-electron chi connectivity index (χ2n) is 7.23. The molecule has 6 nitrogen and oxygen atoms in total. The average Bonchev–Trinajstić information content (AvgIpc) is 3.08. The lowest BCUT2D eigenvalue weighted by atomic mass is 10.1. The lowest BCUT2D eigenvalue weighted by molar-refractivity contribution is -0.113. The predicted octanol–water partition coefficient (Wildman–Crippen LogP) is 5.35. The van der Waals surface area contributed by atoms with E-state index in [1.165, 1.54) is 11.8 Å². The Labute approximate surface area is 191 Å². The van der Waals surface area contributed by atoms with Gasteiger partial charge in [0.05, 0.1) is 10.8 Å². The molecule has 0 aliphatic heterocycles. The van der Waals surface area contributed by atoms with Crippen molar-refractivity contribution < 1.29 is 9.53 Å². The van der Waals surface area contributed by atoms with Crippen LogP contribution in [0.5, 0.6) is 5.75 Å². The van der Waals surface area contributed by atoms with E-state index in [1.807, 2.05) is 49.6 Å². The monoisotopic (exact) mass is 456 g/mol. The number of hydrogen-bond acceptors (Lipinski definition) is 5. The third kappa shape index (κ3) is 6.35. The highest BCUT2D eigenvalue weighted by atomic mass is 35.5. The number of rotatable bonds is 9. The Kier molecular flexibility index (Phi) is 7.76. The van der Waals surface area contributed by atoms with Crippen LogP contribution in [0.15, 0.2) is 54.2 Å². The Bertz CT molecular complexity index is 1080. The highest BCUT2D eigenvalue weighted by molar-refractivity contribution is 7.99. The van der Waals surface area contributed by atoms with Crippen LogP contribution in [0, 0.1) is 20.8 Å². The number of allylic oxidation sites excluding steroid dienone is 1. The van der Waals surface area contributed by atoms with Crippen molar-refractivity contribution in [3.8, 4) is 5.75 Å². The number of aromatic nitrogens is 3. The van der Waals surface area contributed by atoms with Gasteiger partial charge in [0.15, 0.2) is 11.0 Å². The number of carbonyl (C=O) groups is 1. The lowest BCUT2D eigenvalue weighted by Gasteiger charge is -2.11. The molecule has 3 aromatic rings. The number of carbonyl (C=O) groups excluding carboxylic acids is 1. The Morgan fingerprint density at radius 1 is 1.16 bits per heavy atom. The molecule has 8 heteroatoms. The van der Waals surface area contributed by atoms with E-state index in [2.05, 4.69) is 28.2 Å². The third-order valence-corrected chi connectivity index (χ3v) is 5.67. The van der Waals surface area contributed by atoms with Gasteiger partial charge in [-0.05, 0) is 61.7 Å². The van der Waals surface area contributed by atoms with Gasteiger partial charge >= 0.3 is 0 Å². The lowest BCUT2D eigenvalue weighted by Crippen LogP contribution is -2.15. The molecule has 1 heterocycles. The maximum Gasteiger partial charge on any atom is 0.234 e. The Morgan fingerprint density at radius 3 is 2.61 bits per heavy atom. The molecule has 0 saturated carbocycles. The van der Waals surface area contributed by atoms with E-state index in [1.54, 1.807) is 12.1 Å². The molecular weight excluding hydrogens is 432 g/mol. The smallest absolute Gasteiger partial charge is 0.234 e. The number of aryl methyl sites for hydroxylation is 3. The first-order valence-corrected chi connectivity index (χ1v) is 11.1. The number of benzene rings is 2. The molecule has 0 aliphatic carbocycles. The number of ether oxygens (including phenoxy) is 1. The highest BCUT2D eigenvalue weighted by Crippen LogP contribution is 2.26. The fourth-order valence-electron chi connectivity index (χ4n) is 3.08. The molecule has 0 fully saturated rings. The zero-order chi connectivity index (χ0) is 22.4. The first-order chi connectivity index (χ1) is 14.9. The van der Waals surface area contributed by atoms with Crippen molar-refractivity contribution in [2.75, 3.05) is 11.1 Å². The van der Waals surface area contributed by atoms with E-state index in [9.17, 15) is 4.79 Å². The molecule has 0 saturated heterocycles. The van der Waals surface area contributed by atoms with Crippen molar-refractivity contribution in [3.05, 3.63) is 76.6 Å². The van der Waals surface area contributed by atoms with Crippen LogP contribution in [0.3, 0.4) is 0 Å². The minimum atomic E-state index is -0.104. The molecule has 162 valence electrons. The summed E-state index contributed by atoms with van der Waals surface area (Å²) in [7, 11) is 0. The zero-order valence-corrected chi connectivity index (χ0v) is 19.4. The molecule has 0 bridgehead atoms. The molecule has 0 atom stereocenters. The molecule has 1 N–H and O–H groups in total. The van der Waals surface area contributed by atoms with Gasteiger partial charge in [-0.1, -0.05) is 41.6 Å². The van der Waals surface area contributed by atoms with Gasteiger partial charge in [-0.15, -0.1) is 16.8 Å². The number of amides is 1. The van der Waals surface area contributed by atoms with Crippen molar-refractivity contribution in [1.29, 1.82) is 0 Å². The van der Waals surface area contributed by atoms with Gasteiger partial charge in [0, 0.05) is 12.2 Å². The Hall–Kier alpha value is -2.77. The largest absolute Gasteiger partial charge is 0.484 e. The van der Waals surface area contributed by atoms with E-state index < -0.39 is 0 Å².